The molecular formula is C19H21NO5. The molecule has 6 nitrogen and oxygen atoms in total. The van der Waals surface area contributed by atoms with Crippen LogP contribution in [0.5, 0.6) is 5.75 Å². The maximum absolute atomic E-state index is 12.3. The molecule has 0 amide bonds. The zero-order valence-electron chi connectivity index (χ0n) is 14.6. The number of nitrogens with two attached hydrogens (primary N) is 1. The predicted octanol–water partition coefficient (Wildman–Crippen LogP) is 3.60. The van der Waals surface area contributed by atoms with Gasteiger partial charge < -0.3 is 20.3 Å². The number of carbonyl (C=O) groups is 2. The van der Waals surface area contributed by atoms with Crippen molar-refractivity contribution in [3.05, 3.63) is 47.5 Å². The predicted molar refractivity (Wildman–Crippen MR) is 95.0 cm³/mol. The highest BCUT2D eigenvalue weighted by atomic mass is 16.6. The Balaban J connectivity index is 2.57. The normalized spacial score (nSPS) is 11.0. The first kappa shape index (κ1) is 18.3. The van der Waals surface area contributed by atoms with Crippen LogP contribution in [0.25, 0.3) is 11.1 Å². The van der Waals surface area contributed by atoms with Gasteiger partial charge in [-0.05, 0) is 50.6 Å². The van der Waals surface area contributed by atoms with Crippen molar-refractivity contribution < 1.29 is 24.2 Å². The zero-order chi connectivity index (χ0) is 18.8. The first-order valence-electron chi connectivity index (χ1n) is 7.67. The lowest BCUT2D eigenvalue weighted by Crippen LogP contribution is -2.24. The van der Waals surface area contributed by atoms with E-state index in [-0.39, 0.29) is 16.8 Å². The van der Waals surface area contributed by atoms with Gasteiger partial charge in [-0.1, -0.05) is 12.1 Å². The maximum atomic E-state index is 12.3. The van der Waals surface area contributed by atoms with E-state index in [1.54, 1.807) is 51.1 Å². The third-order valence-corrected chi connectivity index (χ3v) is 3.47. The fourth-order valence-electron chi connectivity index (χ4n) is 2.37. The van der Waals surface area contributed by atoms with E-state index in [0.717, 1.165) is 0 Å². The van der Waals surface area contributed by atoms with Crippen LogP contribution in [0.2, 0.25) is 0 Å². The summed E-state index contributed by atoms with van der Waals surface area (Å²) in [6, 6.07) is 9.51. The number of carboxylic acids is 1. The molecule has 0 bridgehead atoms. The van der Waals surface area contributed by atoms with Crippen LogP contribution in [0.15, 0.2) is 36.4 Å². The summed E-state index contributed by atoms with van der Waals surface area (Å²) in [6.45, 7) is 5.28. The van der Waals surface area contributed by atoms with Crippen molar-refractivity contribution in [3.63, 3.8) is 0 Å². The quantitative estimate of drug-likeness (QED) is 0.650. The van der Waals surface area contributed by atoms with E-state index >= 15 is 0 Å². The molecule has 2 aromatic carbocycles. The van der Waals surface area contributed by atoms with Crippen molar-refractivity contribution in [2.75, 3.05) is 12.8 Å². The maximum Gasteiger partial charge on any atom is 0.340 e. The largest absolute Gasteiger partial charge is 0.497 e. The summed E-state index contributed by atoms with van der Waals surface area (Å²) < 4.78 is 10.4. The van der Waals surface area contributed by atoms with Gasteiger partial charge in [0.1, 0.15) is 11.4 Å². The Morgan fingerprint density at radius 1 is 1.04 bits per heavy atom. The monoisotopic (exact) mass is 343 g/mol. The Hall–Kier alpha value is -3.02. The number of esters is 1. The number of carboxylic acid groups (broad SMARTS) is 1. The minimum absolute atomic E-state index is 0.0346. The number of nitrogen functional groups attached to an aromatic ring is 1. The first-order chi connectivity index (χ1) is 11.6. The van der Waals surface area contributed by atoms with Gasteiger partial charge in [-0.15, -0.1) is 0 Å². The number of carbonyl (C=O) groups excluding carboxylic acids is 1. The van der Waals surface area contributed by atoms with Gasteiger partial charge in [0.2, 0.25) is 0 Å². The SMILES string of the molecule is COc1ccc(-c2cccc(C(=O)OC(C)(C)C)c2N)c(C(=O)O)c1. The van der Waals surface area contributed by atoms with Crippen molar-refractivity contribution in [3.8, 4) is 16.9 Å². The lowest BCUT2D eigenvalue weighted by Gasteiger charge is -2.21. The van der Waals surface area contributed by atoms with Crippen molar-refractivity contribution in [2.24, 2.45) is 0 Å². The van der Waals surface area contributed by atoms with Crippen LogP contribution >= 0.6 is 0 Å². The van der Waals surface area contributed by atoms with E-state index in [4.69, 9.17) is 15.2 Å². The number of anilines is 1. The van der Waals surface area contributed by atoms with Crippen molar-refractivity contribution in [1.29, 1.82) is 0 Å². The minimum Gasteiger partial charge on any atom is -0.497 e. The number of para-hydroxylation sites is 1. The number of benzene rings is 2. The Labute approximate surface area is 146 Å². The van der Waals surface area contributed by atoms with Gasteiger partial charge in [-0.3, -0.25) is 0 Å². The van der Waals surface area contributed by atoms with Gasteiger partial charge in [-0.25, -0.2) is 9.59 Å². The van der Waals surface area contributed by atoms with E-state index in [0.29, 0.717) is 16.9 Å². The van der Waals surface area contributed by atoms with Crippen molar-refractivity contribution in [2.45, 2.75) is 26.4 Å². The van der Waals surface area contributed by atoms with Gasteiger partial charge in [0, 0.05) is 5.56 Å². The van der Waals surface area contributed by atoms with Crippen LogP contribution in [0.4, 0.5) is 5.69 Å². The van der Waals surface area contributed by atoms with Crippen LogP contribution in [0, 0.1) is 0 Å². The van der Waals surface area contributed by atoms with Gasteiger partial charge in [0.15, 0.2) is 0 Å². The number of rotatable bonds is 4. The minimum atomic E-state index is -1.11. The number of methoxy groups -OCH3 is 1. The second-order valence-electron chi connectivity index (χ2n) is 6.49. The molecule has 0 spiro atoms. The summed E-state index contributed by atoms with van der Waals surface area (Å²) >= 11 is 0. The molecule has 0 aliphatic heterocycles. The van der Waals surface area contributed by atoms with E-state index in [1.807, 2.05) is 0 Å². The van der Waals surface area contributed by atoms with Gasteiger partial charge in [-0.2, -0.15) is 0 Å². The van der Waals surface area contributed by atoms with E-state index in [9.17, 15) is 14.7 Å². The van der Waals surface area contributed by atoms with Crippen LogP contribution < -0.4 is 10.5 Å². The summed E-state index contributed by atoms with van der Waals surface area (Å²) in [5.74, 6) is -1.25. The number of hydrogen-bond donors (Lipinski definition) is 2. The smallest absolute Gasteiger partial charge is 0.340 e. The molecule has 0 saturated heterocycles. The molecular weight excluding hydrogens is 322 g/mol. The molecule has 0 aliphatic rings. The molecule has 25 heavy (non-hydrogen) atoms. The Bertz CT molecular complexity index is 821. The highest BCUT2D eigenvalue weighted by Gasteiger charge is 2.22. The molecule has 0 radical (unpaired) electrons. The van der Waals surface area contributed by atoms with Crippen LogP contribution in [-0.4, -0.2) is 29.8 Å². The van der Waals surface area contributed by atoms with Gasteiger partial charge in [0.05, 0.1) is 23.9 Å². The van der Waals surface area contributed by atoms with Gasteiger partial charge in [0.25, 0.3) is 0 Å². The summed E-state index contributed by atoms with van der Waals surface area (Å²) in [7, 11) is 1.46. The third kappa shape index (κ3) is 4.09. The Kier molecular flexibility index (Phi) is 5.02. The fourth-order valence-corrected chi connectivity index (χ4v) is 2.37. The molecule has 132 valence electrons. The number of hydrogen-bond acceptors (Lipinski definition) is 5. The molecule has 3 N–H and O–H groups in total. The first-order valence-corrected chi connectivity index (χ1v) is 7.67. The molecule has 0 aliphatic carbocycles. The van der Waals surface area contributed by atoms with Crippen LogP contribution in [0.1, 0.15) is 41.5 Å². The fraction of sp³-hybridized carbons (Fsp3) is 0.263. The lowest BCUT2D eigenvalue weighted by molar-refractivity contribution is 0.00706. The highest BCUT2D eigenvalue weighted by molar-refractivity contribution is 6.03. The van der Waals surface area contributed by atoms with E-state index in [2.05, 4.69) is 0 Å². The second kappa shape index (κ2) is 6.84. The molecule has 0 saturated carbocycles. The van der Waals surface area contributed by atoms with Crippen molar-refractivity contribution in [1.82, 2.24) is 0 Å². The van der Waals surface area contributed by atoms with E-state index < -0.39 is 17.5 Å². The average molecular weight is 343 g/mol. The zero-order valence-corrected chi connectivity index (χ0v) is 14.6. The molecule has 0 heterocycles. The Morgan fingerprint density at radius 2 is 1.72 bits per heavy atom. The molecule has 0 fully saturated rings. The average Bonchev–Trinajstić information content (AvgIpc) is 2.52. The van der Waals surface area contributed by atoms with Crippen molar-refractivity contribution >= 4 is 17.6 Å². The third-order valence-electron chi connectivity index (χ3n) is 3.47. The number of aromatic carboxylic acids is 1. The standard InChI is InChI=1S/C19H21NO5/c1-19(2,3)25-18(23)14-7-5-6-13(16(14)20)12-9-8-11(24-4)10-15(12)17(21)22/h5-10H,20H2,1-4H3,(H,21,22). The molecule has 2 aromatic rings. The number of ether oxygens (including phenoxy) is 2. The highest BCUT2D eigenvalue weighted by Crippen LogP contribution is 2.34. The summed E-state index contributed by atoms with van der Waals surface area (Å²) in [4.78, 5) is 23.9. The second-order valence-corrected chi connectivity index (χ2v) is 6.49. The van der Waals surface area contributed by atoms with E-state index in [1.165, 1.54) is 13.2 Å². The van der Waals surface area contributed by atoms with Crippen LogP contribution in [-0.2, 0) is 4.74 Å². The molecule has 0 unspecified atom stereocenters. The molecule has 6 heteroatoms. The lowest BCUT2D eigenvalue weighted by atomic mass is 9.95. The molecule has 0 aromatic heterocycles. The molecule has 2 rings (SSSR count). The summed E-state index contributed by atoms with van der Waals surface area (Å²) in [5, 5.41) is 9.48. The van der Waals surface area contributed by atoms with Crippen LogP contribution in [0.3, 0.4) is 0 Å². The topological polar surface area (TPSA) is 98.9 Å². The summed E-state index contributed by atoms with van der Waals surface area (Å²) in [5.41, 5.74) is 6.74. The van der Waals surface area contributed by atoms with Gasteiger partial charge >= 0.3 is 11.9 Å². The summed E-state index contributed by atoms with van der Waals surface area (Å²) in [6.07, 6.45) is 0. The Morgan fingerprint density at radius 3 is 2.28 bits per heavy atom. The molecule has 0 atom stereocenters.